The summed E-state index contributed by atoms with van der Waals surface area (Å²) in [6.07, 6.45) is 1.40. The monoisotopic (exact) mass is 352 g/mol. The van der Waals surface area contributed by atoms with Crippen molar-refractivity contribution in [3.63, 3.8) is 0 Å². The summed E-state index contributed by atoms with van der Waals surface area (Å²) in [6, 6.07) is 5.58. The summed E-state index contributed by atoms with van der Waals surface area (Å²) in [5, 5.41) is 3.18. The van der Waals surface area contributed by atoms with Crippen molar-refractivity contribution in [3.8, 4) is 11.5 Å². The molecule has 2 aromatic rings. The van der Waals surface area contributed by atoms with Crippen LogP contribution in [0.3, 0.4) is 0 Å². The Hall–Kier alpha value is -2.02. The topological polar surface area (TPSA) is 82.3 Å². The molecule has 0 unspecified atom stereocenters. The molecular weight excluding hydrogens is 336 g/mol. The van der Waals surface area contributed by atoms with Gasteiger partial charge in [0.2, 0.25) is 0 Å². The SMILES string of the molecule is CCOc1ccc(OCC)c(Nc2ncnc(N)c2Br)c1. The van der Waals surface area contributed by atoms with Crippen molar-refractivity contribution < 1.29 is 9.47 Å². The molecule has 0 bridgehead atoms. The fraction of sp³-hybridized carbons (Fsp3) is 0.286. The molecule has 1 aromatic heterocycles. The van der Waals surface area contributed by atoms with Crippen molar-refractivity contribution in [1.82, 2.24) is 9.97 Å². The highest BCUT2D eigenvalue weighted by Crippen LogP contribution is 2.34. The van der Waals surface area contributed by atoms with Crippen molar-refractivity contribution in [2.24, 2.45) is 0 Å². The molecule has 0 aliphatic carbocycles. The number of rotatable bonds is 6. The van der Waals surface area contributed by atoms with Crippen molar-refractivity contribution >= 4 is 33.3 Å². The van der Waals surface area contributed by atoms with E-state index in [1.807, 2.05) is 32.0 Å². The minimum atomic E-state index is 0.367. The van der Waals surface area contributed by atoms with Crippen molar-refractivity contribution in [1.29, 1.82) is 0 Å². The maximum absolute atomic E-state index is 5.75. The molecule has 0 saturated carbocycles. The van der Waals surface area contributed by atoms with Crippen LogP contribution >= 0.6 is 15.9 Å². The first-order chi connectivity index (χ1) is 10.2. The molecule has 0 amide bonds. The third kappa shape index (κ3) is 3.75. The molecule has 0 fully saturated rings. The normalized spacial score (nSPS) is 10.2. The van der Waals surface area contributed by atoms with Crippen LogP contribution in [0.25, 0.3) is 0 Å². The van der Waals surface area contributed by atoms with Crippen molar-refractivity contribution in [2.45, 2.75) is 13.8 Å². The van der Waals surface area contributed by atoms with Gasteiger partial charge >= 0.3 is 0 Å². The lowest BCUT2D eigenvalue weighted by atomic mass is 10.2. The molecule has 0 atom stereocenters. The van der Waals surface area contributed by atoms with Crippen molar-refractivity contribution in [3.05, 3.63) is 29.0 Å². The number of nitrogens with two attached hydrogens (primary N) is 1. The highest BCUT2D eigenvalue weighted by Gasteiger charge is 2.11. The smallest absolute Gasteiger partial charge is 0.150 e. The van der Waals surface area contributed by atoms with Gasteiger partial charge in [-0.15, -0.1) is 0 Å². The molecule has 6 nitrogen and oxygen atoms in total. The zero-order valence-corrected chi connectivity index (χ0v) is 13.5. The predicted molar refractivity (Wildman–Crippen MR) is 86.2 cm³/mol. The lowest BCUT2D eigenvalue weighted by molar-refractivity contribution is 0.332. The molecule has 0 aliphatic rings. The van der Waals surface area contributed by atoms with Gasteiger partial charge in [-0.3, -0.25) is 0 Å². The standard InChI is InChI=1S/C14H17BrN4O2/c1-3-20-9-5-6-11(21-4-2)10(7-9)19-14-12(15)13(16)17-8-18-14/h5-8H,3-4H2,1-2H3,(H3,16,17,18,19). The highest BCUT2D eigenvalue weighted by molar-refractivity contribution is 9.10. The minimum absolute atomic E-state index is 0.367. The third-order valence-electron chi connectivity index (χ3n) is 2.63. The Morgan fingerprint density at radius 3 is 2.67 bits per heavy atom. The summed E-state index contributed by atoms with van der Waals surface area (Å²) < 4.78 is 11.7. The Kier molecular flexibility index (Phi) is 5.21. The van der Waals surface area contributed by atoms with Gasteiger partial charge in [-0.25, -0.2) is 9.97 Å². The fourth-order valence-electron chi connectivity index (χ4n) is 1.74. The van der Waals surface area contributed by atoms with Gasteiger partial charge in [0.15, 0.2) is 0 Å². The van der Waals surface area contributed by atoms with Gasteiger partial charge < -0.3 is 20.5 Å². The average Bonchev–Trinajstić information content (AvgIpc) is 2.47. The lowest BCUT2D eigenvalue weighted by Crippen LogP contribution is -2.03. The predicted octanol–water partition coefficient (Wildman–Crippen LogP) is 3.36. The van der Waals surface area contributed by atoms with Crippen LogP contribution in [0.15, 0.2) is 29.0 Å². The summed E-state index contributed by atoms with van der Waals surface area (Å²) >= 11 is 3.37. The third-order valence-corrected chi connectivity index (χ3v) is 3.41. The zero-order valence-electron chi connectivity index (χ0n) is 11.9. The quantitative estimate of drug-likeness (QED) is 0.829. The molecule has 1 heterocycles. The number of ether oxygens (including phenoxy) is 2. The lowest BCUT2D eigenvalue weighted by Gasteiger charge is -2.14. The number of aromatic nitrogens is 2. The van der Waals surface area contributed by atoms with Crippen LogP contribution in [0.4, 0.5) is 17.3 Å². The molecule has 21 heavy (non-hydrogen) atoms. The van der Waals surface area contributed by atoms with Gasteiger partial charge in [0.1, 0.15) is 33.9 Å². The molecule has 7 heteroatoms. The summed E-state index contributed by atoms with van der Waals surface area (Å²) in [5.74, 6) is 2.40. The van der Waals surface area contributed by atoms with E-state index in [-0.39, 0.29) is 0 Å². The van der Waals surface area contributed by atoms with Gasteiger partial charge in [-0.1, -0.05) is 0 Å². The molecule has 0 aliphatic heterocycles. The van der Waals surface area contributed by atoms with Gasteiger partial charge in [-0.2, -0.15) is 0 Å². The van der Waals surface area contributed by atoms with Crippen LogP contribution in [0.5, 0.6) is 11.5 Å². The van der Waals surface area contributed by atoms with E-state index in [0.29, 0.717) is 35.1 Å². The Morgan fingerprint density at radius 1 is 1.19 bits per heavy atom. The first-order valence-corrected chi connectivity index (χ1v) is 7.37. The minimum Gasteiger partial charge on any atom is -0.494 e. The van der Waals surface area contributed by atoms with Gasteiger partial charge in [0, 0.05) is 6.07 Å². The molecule has 112 valence electrons. The van der Waals surface area contributed by atoms with Crippen LogP contribution in [0, 0.1) is 0 Å². The number of hydrogen-bond acceptors (Lipinski definition) is 6. The van der Waals surface area contributed by atoms with E-state index in [1.54, 1.807) is 0 Å². The summed E-state index contributed by atoms with van der Waals surface area (Å²) in [6.45, 7) is 5.03. The largest absolute Gasteiger partial charge is 0.494 e. The highest BCUT2D eigenvalue weighted by atomic mass is 79.9. The number of nitrogens with one attached hydrogen (secondary N) is 1. The first-order valence-electron chi connectivity index (χ1n) is 6.58. The van der Waals surface area contributed by atoms with Crippen LogP contribution in [-0.4, -0.2) is 23.2 Å². The van der Waals surface area contributed by atoms with E-state index in [2.05, 4.69) is 31.2 Å². The first kappa shape index (κ1) is 15.4. The van der Waals surface area contributed by atoms with E-state index in [4.69, 9.17) is 15.2 Å². The summed E-state index contributed by atoms with van der Waals surface area (Å²) in [4.78, 5) is 8.08. The molecule has 0 spiro atoms. The van der Waals surface area contributed by atoms with Crippen LogP contribution in [0.1, 0.15) is 13.8 Å². The fourth-order valence-corrected chi connectivity index (χ4v) is 2.05. The summed E-state index contributed by atoms with van der Waals surface area (Å²) in [5.41, 5.74) is 6.51. The van der Waals surface area contributed by atoms with E-state index in [0.717, 1.165) is 11.4 Å². The maximum atomic E-state index is 5.75. The number of nitrogen functional groups attached to an aromatic ring is 1. The van der Waals surface area contributed by atoms with Crippen LogP contribution < -0.4 is 20.5 Å². The molecule has 3 N–H and O–H groups in total. The zero-order chi connectivity index (χ0) is 15.2. The number of benzene rings is 1. The van der Waals surface area contributed by atoms with E-state index in [9.17, 15) is 0 Å². The second-order valence-corrected chi connectivity index (χ2v) is 4.86. The number of nitrogens with zero attached hydrogens (tertiary/aromatic N) is 2. The summed E-state index contributed by atoms with van der Waals surface area (Å²) in [7, 11) is 0. The molecular formula is C14H17BrN4O2. The van der Waals surface area contributed by atoms with E-state index < -0.39 is 0 Å². The average molecular weight is 353 g/mol. The Bertz CT molecular complexity index is 622. The van der Waals surface area contributed by atoms with Gasteiger partial charge in [0.25, 0.3) is 0 Å². The Balaban J connectivity index is 2.35. The number of halogens is 1. The second-order valence-electron chi connectivity index (χ2n) is 4.07. The van der Waals surface area contributed by atoms with Crippen molar-refractivity contribution in [2.75, 3.05) is 24.3 Å². The Labute approximate surface area is 131 Å². The number of anilines is 3. The number of hydrogen-bond donors (Lipinski definition) is 2. The van der Waals surface area contributed by atoms with Crippen LogP contribution in [0.2, 0.25) is 0 Å². The maximum Gasteiger partial charge on any atom is 0.150 e. The van der Waals surface area contributed by atoms with Crippen LogP contribution in [-0.2, 0) is 0 Å². The molecule has 0 saturated heterocycles. The molecule has 2 rings (SSSR count). The second kappa shape index (κ2) is 7.12. The molecule has 1 aromatic carbocycles. The Morgan fingerprint density at radius 2 is 1.95 bits per heavy atom. The van der Waals surface area contributed by atoms with E-state index in [1.165, 1.54) is 6.33 Å². The van der Waals surface area contributed by atoms with Gasteiger partial charge in [0.05, 0.1) is 18.9 Å². The van der Waals surface area contributed by atoms with Gasteiger partial charge in [-0.05, 0) is 41.9 Å². The molecule has 0 radical (unpaired) electrons. The van der Waals surface area contributed by atoms with E-state index >= 15 is 0 Å².